The van der Waals surface area contributed by atoms with E-state index >= 15 is 0 Å². The van der Waals surface area contributed by atoms with Crippen molar-refractivity contribution in [2.75, 3.05) is 0 Å². The van der Waals surface area contributed by atoms with Gasteiger partial charge in [-0.15, -0.1) is 16.4 Å². The number of aromatic nitrogens is 3. The maximum Gasteiger partial charge on any atom is 0.265 e. The summed E-state index contributed by atoms with van der Waals surface area (Å²) < 4.78 is 8.98. The Balaban J connectivity index is 1.65. The number of carbonyl (C=O) groups excluding carboxylic acids is 1. The summed E-state index contributed by atoms with van der Waals surface area (Å²) in [4.78, 5) is 13.4. The largest absolute Gasteiger partial charge is 0.355 e. The van der Waals surface area contributed by atoms with Crippen LogP contribution in [0.25, 0.3) is 10.6 Å². The van der Waals surface area contributed by atoms with E-state index in [-0.39, 0.29) is 5.91 Å². The van der Waals surface area contributed by atoms with Gasteiger partial charge in [0.1, 0.15) is 10.6 Å². The molecule has 0 unspecified atom stereocenters. The lowest BCUT2D eigenvalue weighted by Crippen LogP contribution is -2.22. The van der Waals surface area contributed by atoms with E-state index < -0.39 is 0 Å². The SMILES string of the molecule is Cc1nnsc1C(=O)NCc1cc(-c2cccs2)on1. The number of carbonyl (C=O) groups is 1. The van der Waals surface area contributed by atoms with Gasteiger partial charge in [0.2, 0.25) is 0 Å². The molecule has 0 aliphatic carbocycles. The highest BCUT2D eigenvalue weighted by Gasteiger charge is 2.14. The van der Waals surface area contributed by atoms with E-state index in [9.17, 15) is 4.79 Å². The molecule has 0 fully saturated rings. The standard InChI is InChI=1S/C12H10N4O2S2/c1-7-11(20-16-14-7)12(17)13-6-8-5-9(18-15-8)10-3-2-4-19-10/h2-5H,6H2,1H3,(H,13,17). The number of thiophene rings is 1. The van der Waals surface area contributed by atoms with Crippen LogP contribution in [0.5, 0.6) is 0 Å². The molecular weight excluding hydrogens is 296 g/mol. The molecule has 6 nitrogen and oxygen atoms in total. The van der Waals surface area contributed by atoms with Gasteiger partial charge in [-0.2, -0.15) is 0 Å². The van der Waals surface area contributed by atoms with Crippen LogP contribution in [0.4, 0.5) is 0 Å². The summed E-state index contributed by atoms with van der Waals surface area (Å²) in [5, 5.41) is 12.5. The van der Waals surface area contributed by atoms with E-state index in [2.05, 4.69) is 20.1 Å². The van der Waals surface area contributed by atoms with Crippen LogP contribution in [-0.4, -0.2) is 20.7 Å². The molecule has 102 valence electrons. The third-order valence-corrected chi connectivity index (χ3v) is 4.32. The summed E-state index contributed by atoms with van der Waals surface area (Å²) in [6.07, 6.45) is 0. The molecule has 8 heteroatoms. The zero-order valence-electron chi connectivity index (χ0n) is 10.5. The summed E-state index contributed by atoms with van der Waals surface area (Å²) >= 11 is 2.66. The molecule has 3 heterocycles. The first-order valence-corrected chi connectivity index (χ1v) is 7.46. The van der Waals surface area contributed by atoms with Crippen molar-refractivity contribution < 1.29 is 9.32 Å². The second-order valence-electron chi connectivity index (χ2n) is 4.03. The van der Waals surface area contributed by atoms with Gasteiger partial charge >= 0.3 is 0 Å². The van der Waals surface area contributed by atoms with Crippen molar-refractivity contribution in [1.29, 1.82) is 0 Å². The maximum absolute atomic E-state index is 11.9. The van der Waals surface area contributed by atoms with Crippen molar-refractivity contribution in [2.45, 2.75) is 13.5 Å². The third kappa shape index (κ3) is 2.61. The van der Waals surface area contributed by atoms with E-state index in [4.69, 9.17) is 4.52 Å². The lowest BCUT2D eigenvalue weighted by atomic mass is 10.3. The highest BCUT2D eigenvalue weighted by molar-refractivity contribution is 7.13. The van der Waals surface area contributed by atoms with Crippen molar-refractivity contribution in [3.8, 4) is 10.6 Å². The third-order valence-electron chi connectivity index (χ3n) is 2.61. The fraction of sp³-hybridized carbons (Fsp3) is 0.167. The number of nitrogens with one attached hydrogen (secondary N) is 1. The highest BCUT2D eigenvalue weighted by atomic mass is 32.1. The second-order valence-corrected chi connectivity index (χ2v) is 5.73. The first-order chi connectivity index (χ1) is 9.74. The molecule has 0 radical (unpaired) electrons. The van der Waals surface area contributed by atoms with Gasteiger partial charge in [-0.3, -0.25) is 4.79 Å². The molecule has 0 aliphatic rings. The number of nitrogens with zero attached hydrogens (tertiary/aromatic N) is 3. The van der Waals surface area contributed by atoms with Gasteiger partial charge in [0.05, 0.1) is 17.1 Å². The molecule has 0 aliphatic heterocycles. The summed E-state index contributed by atoms with van der Waals surface area (Å²) in [5.41, 5.74) is 1.31. The van der Waals surface area contributed by atoms with Crippen LogP contribution in [0, 0.1) is 6.92 Å². The van der Waals surface area contributed by atoms with E-state index in [0.717, 1.165) is 16.4 Å². The molecular formula is C12H10N4O2S2. The van der Waals surface area contributed by atoms with Crippen molar-refractivity contribution >= 4 is 28.8 Å². The van der Waals surface area contributed by atoms with Crippen LogP contribution in [0.15, 0.2) is 28.1 Å². The maximum atomic E-state index is 11.9. The molecule has 0 spiro atoms. The van der Waals surface area contributed by atoms with E-state index in [1.165, 1.54) is 0 Å². The molecule has 1 N–H and O–H groups in total. The normalized spacial score (nSPS) is 10.7. The van der Waals surface area contributed by atoms with Crippen LogP contribution in [0.1, 0.15) is 21.1 Å². The van der Waals surface area contributed by atoms with Gasteiger partial charge in [0.25, 0.3) is 5.91 Å². The first-order valence-electron chi connectivity index (χ1n) is 5.80. The minimum atomic E-state index is -0.196. The Morgan fingerprint density at radius 2 is 2.40 bits per heavy atom. The number of aryl methyl sites for hydroxylation is 1. The number of rotatable bonds is 4. The van der Waals surface area contributed by atoms with Crippen molar-refractivity contribution in [2.24, 2.45) is 0 Å². The molecule has 3 aromatic rings. The van der Waals surface area contributed by atoms with Crippen molar-refractivity contribution in [3.05, 3.63) is 39.8 Å². The average Bonchev–Trinajstić information content (AvgIpc) is 3.16. The van der Waals surface area contributed by atoms with Crippen molar-refractivity contribution in [1.82, 2.24) is 20.1 Å². The van der Waals surface area contributed by atoms with Crippen LogP contribution in [0.3, 0.4) is 0 Å². The molecule has 3 rings (SSSR count). The molecule has 20 heavy (non-hydrogen) atoms. The quantitative estimate of drug-likeness (QED) is 0.801. The van der Waals surface area contributed by atoms with E-state index in [1.807, 2.05) is 23.6 Å². The second kappa shape index (κ2) is 5.51. The first kappa shape index (κ1) is 12.9. The van der Waals surface area contributed by atoms with Crippen LogP contribution in [-0.2, 0) is 6.54 Å². The topological polar surface area (TPSA) is 80.9 Å². The summed E-state index contributed by atoms with van der Waals surface area (Å²) in [6, 6.07) is 5.73. The molecule has 0 atom stereocenters. The monoisotopic (exact) mass is 306 g/mol. The lowest BCUT2D eigenvalue weighted by molar-refractivity contribution is 0.0953. The minimum Gasteiger partial charge on any atom is -0.355 e. The lowest BCUT2D eigenvalue weighted by Gasteiger charge is -1.99. The molecule has 0 bridgehead atoms. The van der Waals surface area contributed by atoms with Crippen molar-refractivity contribution in [3.63, 3.8) is 0 Å². The van der Waals surface area contributed by atoms with E-state index in [1.54, 1.807) is 18.3 Å². The highest BCUT2D eigenvalue weighted by Crippen LogP contribution is 2.25. The predicted molar refractivity (Wildman–Crippen MR) is 75.6 cm³/mol. The van der Waals surface area contributed by atoms with Crippen LogP contribution < -0.4 is 5.32 Å². The molecule has 3 aromatic heterocycles. The molecule has 0 saturated carbocycles. The average molecular weight is 306 g/mol. The Labute approximate surface area is 122 Å². The number of hydrogen-bond donors (Lipinski definition) is 1. The fourth-order valence-electron chi connectivity index (χ4n) is 1.62. The Kier molecular flexibility index (Phi) is 3.57. The number of hydrogen-bond acceptors (Lipinski definition) is 7. The van der Waals surface area contributed by atoms with E-state index in [0.29, 0.717) is 28.6 Å². The summed E-state index contributed by atoms with van der Waals surface area (Å²) in [5.74, 6) is 0.512. The Morgan fingerprint density at radius 1 is 1.50 bits per heavy atom. The number of amides is 1. The Hall–Kier alpha value is -2.06. The summed E-state index contributed by atoms with van der Waals surface area (Å²) in [7, 11) is 0. The van der Waals surface area contributed by atoms with Gasteiger partial charge in [0.15, 0.2) is 5.76 Å². The van der Waals surface area contributed by atoms with Gasteiger partial charge in [-0.05, 0) is 29.9 Å². The Bertz CT molecular complexity index is 717. The predicted octanol–water partition coefficient (Wildman–Crippen LogP) is 2.49. The zero-order chi connectivity index (χ0) is 13.9. The summed E-state index contributed by atoms with van der Waals surface area (Å²) in [6.45, 7) is 2.06. The van der Waals surface area contributed by atoms with Gasteiger partial charge in [-0.25, -0.2) is 0 Å². The smallest absolute Gasteiger partial charge is 0.265 e. The van der Waals surface area contributed by atoms with Gasteiger partial charge in [0, 0.05) is 6.07 Å². The fourth-order valence-corrected chi connectivity index (χ4v) is 2.87. The zero-order valence-corrected chi connectivity index (χ0v) is 12.1. The van der Waals surface area contributed by atoms with Crippen LogP contribution >= 0.6 is 22.9 Å². The van der Waals surface area contributed by atoms with Gasteiger partial charge < -0.3 is 9.84 Å². The molecule has 0 saturated heterocycles. The molecule has 1 amide bonds. The Morgan fingerprint density at radius 3 is 3.10 bits per heavy atom. The minimum absolute atomic E-state index is 0.196. The van der Waals surface area contributed by atoms with Gasteiger partial charge in [-0.1, -0.05) is 15.7 Å². The molecule has 0 aromatic carbocycles. The van der Waals surface area contributed by atoms with Crippen LogP contribution in [0.2, 0.25) is 0 Å².